The Hall–Kier alpha value is -1.11. The van der Waals surface area contributed by atoms with Crippen LogP contribution in [0.2, 0.25) is 10.0 Å². The molecule has 2 N–H and O–H groups in total. The first kappa shape index (κ1) is 16.3. The predicted molar refractivity (Wildman–Crippen MR) is 83.1 cm³/mol. The van der Waals surface area contributed by atoms with Crippen LogP contribution in [-0.2, 0) is 10.0 Å². The largest absolute Gasteiger partial charge is 0.394 e. The zero-order valence-electron chi connectivity index (χ0n) is 10.8. The molecule has 0 saturated heterocycles. The highest BCUT2D eigenvalue weighted by atomic mass is 35.5. The summed E-state index contributed by atoms with van der Waals surface area (Å²) in [5.74, 6) is 0. The smallest absolute Gasteiger partial charge is 0.244 e. The Bertz CT molecular complexity index is 700. The summed E-state index contributed by atoms with van der Waals surface area (Å²) in [5.41, 5.74) is 0.645. The highest BCUT2D eigenvalue weighted by Gasteiger charge is 2.25. The molecule has 0 fully saturated rings. The lowest BCUT2D eigenvalue weighted by atomic mass is 10.1. The average molecular weight is 346 g/mol. The topological polar surface area (TPSA) is 66.4 Å². The molecule has 0 bridgehead atoms. The molecule has 7 heteroatoms. The fraction of sp³-hybridized carbons (Fsp3) is 0.143. The highest BCUT2D eigenvalue weighted by Crippen LogP contribution is 2.30. The standard InChI is InChI=1S/C14H13Cl2NO3S/c15-11-7-4-8-12(16)14(11)21(19,20)17-13(9-18)10-5-2-1-3-6-10/h1-8,13,17-18H,9H2/t13-/m1/s1. The molecule has 2 aromatic carbocycles. The molecule has 0 saturated carbocycles. The van der Waals surface area contributed by atoms with Crippen molar-refractivity contribution in [1.82, 2.24) is 4.72 Å². The lowest BCUT2D eigenvalue weighted by Crippen LogP contribution is -2.31. The summed E-state index contributed by atoms with van der Waals surface area (Å²) in [5, 5.41) is 9.49. The Morgan fingerprint density at radius 1 is 1.00 bits per heavy atom. The molecule has 0 heterocycles. The van der Waals surface area contributed by atoms with Crippen molar-refractivity contribution >= 4 is 33.2 Å². The number of rotatable bonds is 5. The van der Waals surface area contributed by atoms with E-state index in [9.17, 15) is 13.5 Å². The fourth-order valence-corrected chi connectivity index (χ4v) is 4.24. The van der Waals surface area contributed by atoms with E-state index in [1.165, 1.54) is 12.1 Å². The van der Waals surface area contributed by atoms with Crippen LogP contribution in [0.25, 0.3) is 0 Å². The van der Waals surface area contributed by atoms with Crippen LogP contribution in [-0.4, -0.2) is 20.1 Å². The summed E-state index contributed by atoms with van der Waals surface area (Å²) < 4.78 is 27.3. The minimum Gasteiger partial charge on any atom is -0.394 e. The van der Waals surface area contributed by atoms with E-state index in [1.54, 1.807) is 36.4 Å². The van der Waals surface area contributed by atoms with Gasteiger partial charge in [-0.25, -0.2) is 13.1 Å². The van der Waals surface area contributed by atoms with Gasteiger partial charge in [-0.05, 0) is 17.7 Å². The van der Waals surface area contributed by atoms with Gasteiger partial charge in [0.25, 0.3) is 0 Å². The van der Waals surface area contributed by atoms with Crippen LogP contribution in [0.4, 0.5) is 0 Å². The summed E-state index contributed by atoms with van der Waals surface area (Å²) in [7, 11) is -3.95. The van der Waals surface area contributed by atoms with E-state index in [1.807, 2.05) is 0 Å². The number of nitrogens with one attached hydrogen (secondary N) is 1. The van der Waals surface area contributed by atoms with Crippen LogP contribution < -0.4 is 4.72 Å². The van der Waals surface area contributed by atoms with Gasteiger partial charge in [-0.2, -0.15) is 0 Å². The molecule has 0 aliphatic heterocycles. The van der Waals surface area contributed by atoms with Gasteiger partial charge in [0.05, 0.1) is 22.7 Å². The van der Waals surface area contributed by atoms with E-state index in [0.717, 1.165) is 0 Å². The quantitative estimate of drug-likeness (QED) is 0.875. The summed E-state index contributed by atoms with van der Waals surface area (Å²) in [6, 6.07) is 12.4. The molecule has 4 nitrogen and oxygen atoms in total. The minimum absolute atomic E-state index is 0.0275. The summed E-state index contributed by atoms with van der Waals surface area (Å²) in [6.07, 6.45) is 0. The molecule has 0 radical (unpaired) electrons. The first-order valence-electron chi connectivity index (χ1n) is 6.08. The van der Waals surface area contributed by atoms with Gasteiger partial charge >= 0.3 is 0 Å². The lowest BCUT2D eigenvalue weighted by molar-refractivity contribution is 0.259. The van der Waals surface area contributed by atoms with Gasteiger partial charge in [-0.3, -0.25) is 0 Å². The molecule has 21 heavy (non-hydrogen) atoms. The maximum atomic E-state index is 12.4. The first-order valence-corrected chi connectivity index (χ1v) is 8.32. The van der Waals surface area contributed by atoms with Crippen molar-refractivity contribution in [2.24, 2.45) is 0 Å². The Balaban J connectivity index is 2.37. The number of benzene rings is 2. The maximum absolute atomic E-state index is 12.4. The third-order valence-corrected chi connectivity index (χ3v) is 5.30. The second-order valence-electron chi connectivity index (χ2n) is 4.32. The molecule has 112 valence electrons. The van der Waals surface area contributed by atoms with Crippen molar-refractivity contribution < 1.29 is 13.5 Å². The van der Waals surface area contributed by atoms with E-state index < -0.39 is 16.1 Å². The Morgan fingerprint density at radius 2 is 1.57 bits per heavy atom. The third-order valence-electron chi connectivity index (χ3n) is 2.87. The van der Waals surface area contributed by atoms with Crippen molar-refractivity contribution in [1.29, 1.82) is 0 Å². The van der Waals surface area contributed by atoms with Crippen LogP contribution in [0, 0.1) is 0 Å². The number of halogens is 2. The van der Waals surface area contributed by atoms with Crippen molar-refractivity contribution in [2.75, 3.05) is 6.61 Å². The van der Waals surface area contributed by atoms with Crippen LogP contribution in [0.3, 0.4) is 0 Å². The van der Waals surface area contributed by atoms with E-state index >= 15 is 0 Å². The molecule has 0 spiro atoms. The van der Waals surface area contributed by atoms with Crippen molar-refractivity contribution in [3.05, 3.63) is 64.1 Å². The lowest BCUT2D eigenvalue weighted by Gasteiger charge is -2.18. The molecule has 2 aromatic rings. The van der Waals surface area contributed by atoms with E-state index in [0.29, 0.717) is 5.56 Å². The molecule has 0 unspecified atom stereocenters. The van der Waals surface area contributed by atoms with Crippen LogP contribution in [0.15, 0.2) is 53.4 Å². The average Bonchev–Trinajstić information content (AvgIpc) is 2.45. The fourth-order valence-electron chi connectivity index (χ4n) is 1.88. The number of aliphatic hydroxyl groups is 1. The summed E-state index contributed by atoms with van der Waals surface area (Å²) >= 11 is 11.8. The normalized spacial score (nSPS) is 13.1. The summed E-state index contributed by atoms with van der Waals surface area (Å²) in [4.78, 5) is -0.192. The zero-order valence-corrected chi connectivity index (χ0v) is 13.2. The molecule has 2 rings (SSSR count). The molecule has 1 atom stereocenters. The second kappa shape index (κ2) is 6.77. The van der Waals surface area contributed by atoms with Crippen molar-refractivity contribution in [3.63, 3.8) is 0 Å². The zero-order chi connectivity index (χ0) is 15.5. The van der Waals surface area contributed by atoms with Crippen LogP contribution in [0.1, 0.15) is 11.6 Å². The number of hydrogen-bond acceptors (Lipinski definition) is 3. The minimum atomic E-state index is -3.95. The second-order valence-corrected chi connectivity index (χ2v) is 6.78. The Kier molecular flexibility index (Phi) is 5.24. The highest BCUT2D eigenvalue weighted by molar-refractivity contribution is 7.89. The third kappa shape index (κ3) is 3.75. The molecule has 0 aromatic heterocycles. The van der Waals surface area contributed by atoms with E-state index in [2.05, 4.69) is 4.72 Å². The van der Waals surface area contributed by atoms with Gasteiger partial charge in [0, 0.05) is 0 Å². The Morgan fingerprint density at radius 3 is 2.10 bits per heavy atom. The molecular formula is C14H13Cl2NO3S. The van der Waals surface area contributed by atoms with Gasteiger partial charge < -0.3 is 5.11 Å². The van der Waals surface area contributed by atoms with E-state index in [4.69, 9.17) is 23.2 Å². The first-order chi connectivity index (χ1) is 9.95. The molecule has 0 amide bonds. The predicted octanol–water partition coefficient (Wildman–Crippen LogP) is 3.01. The number of sulfonamides is 1. The van der Waals surface area contributed by atoms with Gasteiger partial charge in [-0.1, -0.05) is 59.6 Å². The molecule has 0 aliphatic carbocycles. The van der Waals surface area contributed by atoms with Gasteiger partial charge in [0.15, 0.2) is 0 Å². The van der Waals surface area contributed by atoms with E-state index in [-0.39, 0.29) is 21.5 Å². The van der Waals surface area contributed by atoms with Crippen LogP contribution in [0.5, 0.6) is 0 Å². The SMILES string of the molecule is O=S(=O)(N[C@H](CO)c1ccccc1)c1c(Cl)cccc1Cl. The van der Waals surface area contributed by atoms with Gasteiger partial charge in [0.2, 0.25) is 10.0 Å². The monoisotopic (exact) mass is 345 g/mol. The molecular weight excluding hydrogens is 333 g/mol. The van der Waals surface area contributed by atoms with Gasteiger partial charge in [-0.15, -0.1) is 0 Å². The number of hydrogen-bond donors (Lipinski definition) is 2. The summed E-state index contributed by atoms with van der Waals surface area (Å²) in [6.45, 7) is -0.384. The van der Waals surface area contributed by atoms with Crippen LogP contribution >= 0.6 is 23.2 Å². The van der Waals surface area contributed by atoms with Crippen molar-refractivity contribution in [2.45, 2.75) is 10.9 Å². The maximum Gasteiger partial charge on any atom is 0.244 e. The number of aliphatic hydroxyl groups excluding tert-OH is 1. The molecule has 0 aliphatic rings. The van der Waals surface area contributed by atoms with Crippen molar-refractivity contribution in [3.8, 4) is 0 Å². The van der Waals surface area contributed by atoms with Gasteiger partial charge in [0.1, 0.15) is 4.90 Å². The Labute approximate surface area is 133 Å².